The van der Waals surface area contributed by atoms with Crippen LogP contribution in [0.25, 0.3) is 0 Å². The molecule has 1 aromatic rings. The average Bonchev–Trinajstić information content (AvgIpc) is 2.41. The molecule has 2 rings (SSSR count). The molecule has 0 spiro atoms. The minimum atomic E-state index is -0.796. The van der Waals surface area contributed by atoms with Gasteiger partial charge in [0.05, 0.1) is 17.8 Å². The van der Waals surface area contributed by atoms with E-state index in [-0.39, 0.29) is 16.5 Å². The molecular weight excluding hydrogens is 263 g/mol. The molecule has 2 amide bonds. The topological polar surface area (TPSA) is 92.4 Å². The molecule has 1 aromatic carbocycles. The lowest BCUT2D eigenvalue weighted by atomic mass is 9.62. The van der Waals surface area contributed by atoms with E-state index >= 15 is 0 Å². The summed E-state index contributed by atoms with van der Waals surface area (Å²) in [5, 5.41) is 8.75. The van der Waals surface area contributed by atoms with Crippen molar-refractivity contribution in [2.75, 3.05) is 6.67 Å². The van der Waals surface area contributed by atoms with E-state index in [9.17, 15) is 14.0 Å². The van der Waals surface area contributed by atoms with Crippen LogP contribution in [0.5, 0.6) is 0 Å². The summed E-state index contributed by atoms with van der Waals surface area (Å²) in [7, 11) is 0. The van der Waals surface area contributed by atoms with Crippen LogP contribution >= 0.6 is 0 Å². The number of alkyl halides is 1. The molecule has 6 heteroatoms. The van der Waals surface area contributed by atoms with Crippen molar-refractivity contribution in [1.82, 2.24) is 5.48 Å². The van der Waals surface area contributed by atoms with E-state index in [0.29, 0.717) is 6.42 Å². The van der Waals surface area contributed by atoms with Crippen LogP contribution in [0.3, 0.4) is 0 Å². The molecule has 4 N–H and O–H groups in total. The van der Waals surface area contributed by atoms with Crippen LogP contribution in [0.15, 0.2) is 18.2 Å². The monoisotopic (exact) mass is 280 g/mol. The van der Waals surface area contributed by atoms with Gasteiger partial charge < -0.3 is 5.73 Å². The van der Waals surface area contributed by atoms with Crippen molar-refractivity contribution >= 4 is 11.8 Å². The maximum absolute atomic E-state index is 12.7. The number of benzene rings is 1. The molecule has 0 bridgehead atoms. The minimum absolute atomic E-state index is 0.0163. The number of hydrogen-bond donors (Lipinski definition) is 3. The average molecular weight is 280 g/mol. The number of carbonyl (C=O) groups is 2. The number of amides is 2. The van der Waals surface area contributed by atoms with E-state index in [1.54, 1.807) is 6.07 Å². The van der Waals surface area contributed by atoms with E-state index in [0.717, 1.165) is 24.8 Å². The van der Waals surface area contributed by atoms with Gasteiger partial charge >= 0.3 is 0 Å². The van der Waals surface area contributed by atoms with Gasteiger partial charge in [-0.15, -0.1) is 0 Å². The van der Waals surface area contributed by atoms with E-state index in [1.807, 2.05) is 0 Å². The van der Waals surface area contributed by atoms with E-state index in [2.05, 4.69) is 0 Å². The molecule has 5 nitrogen and oxygen atoms in total. The Morgan fingerprint density at radius 2 is 2.05 bits per heavy atom. The zero-order valence-electron chi connectivity index (χ0n) is 11.0. The van der Waals surface area contributed by atoms with Gasteiger partial charge in [0.1, 0.15) is 0 Å². The molecular formula is C14H17FN2O3. The molecule has 0 heterocycles. The second-order valence-corrected chi connectivity index (χ2v) is 5.14. The number of halogens is 1. The lowest BCUT2D eigenvalue weighted by Gasteiger charge is -2.42. The Morgan fingerprint density at radius 1 is 1.35 bits per heavy atom. The van der Waals surface area contributed by atoms with Crippen LogP contribution in [0.2, 0.25) is 0 Å². The van der Waals surface area contributed by atoms with E-state index < -0.39 is 18.5 Å². The first-order chi connectivity index (χ1) is 9.54. The summed E-state index contributed by atoms with van der Waals surface area (Å²) in [6.45, 7) is -0.431. The van der Waals surface area contributed by atoms with Crippen molar-refractivity contribution in [1.29, 1.82) is 0 Å². The highest BCUT2D eigenvalue weighted by molar-refractivity contribution is 6.06. The number of primary amides is 1. The van der Waals surface area contributed by atoms with Gasteiger partial charge in [0.15, 0.2) is 0 Å². The van der Waals surface area contributed by atoms with Crippen LogP contribution < -0.4 is 11.2 Å². The third-order valence-corrected chi connectivity index (χ3v) is 4.13. The summed E-state index contributed by atoms with van der Waals surface area (Å²) in [6.07, 6.45) is 3.11. The van der Waals surface area contributed by atoms with Crippen LogP contribution in [0.1, 0.15) is 52.0 Å². The number of nitrogens with one attached hydrogen (secondary N) is 1. The zero-order chi connectivity index (χ0) is 14.8. The highest BCUT2D eigenvalue weighted by atomic mass is 19.1. The van der Waals surface area contributed by atoms with E-state index in [4.69, 9.17) is 10.9 Å². The lowest BCUT2D eigenvalue weighted by molar-refractivity contribution is 0.0702. The Bertz CT molecular complexity index is 541. The molecule has 1 saturated carbocycles. The van der Waals surface area contributed by atoms with Gasteiger partial charge in [0.2, 0.25) is 5.91 Å². The first-order valence-corrected chi connectivity index (χ1v) is 6.49. The number of nitrogens with two attached hydrogens (primary N) is 1. The third kappa shape index (κ3) is 2.38. The van der Waals surface area contributed by atoms with Gasteiger partial charge in [0.25, 0.3) is 5.91 Å². The fourth-order valence-electron chi connectivity index (χ4n) is 2.80. The number of carbonyl (C=O) groups excluding carboxylic acids is 2. The molecule has 20 heavy (non-hydrogen) atoms. The Balaban J connectivity index is 2.46. The Hall–Kier alpha value is -1.95. The quantitative estimate of drug-likeness (QED) is 0.566. The summed E-state index contributed by atoms with van der Waals surface area (Å²) in [5.74, 6) is -1.54. The SMILES string of the molecule is NC(=O)c1ccc(C2(CCF)CCC2)cc1C(=O)NO. The number of hydroxylamine groups is 1. The second kappa shape index (κ2) is 5.58. The number of rotatable bonds is 5. The molecule has 0 atom stereocenters. The molecule has 108 valence electrons. The van der Waals surface area contributed by atoms with Crippen LogP contribution in [-0.4, -0.2) is 23.7 Å². The minimum Gasteiger partial charge on any atom is -0.366 e. The summed E-state index contributed by atoms with van der Waals surface area (Å²) < 4.78 is 12.7. The second-order valence-electron chi connectivity index (χ2n) is 5.14. The molecule has 0 saturated heterocycles. The van der Waals surface area contributed by atoms with Gasteiger partial charge in [-0.05, 0) is 42.4 Å². The summed E-state index contributed by atoms with van der Waals surface area (Å²) in [5.41, 5.74) is 7.31. The van der Waals surface area contributed by atoms with Crippen molar-refractivity contribution in [3.05, 3.63) is 34.9 Å². The van der Waals surface area contributed by atoms with E-state index in [1.165, 1.54) is 17.6 Å². The molecule has 1 fully saturated rings. The van der Waals surface area contributed by atoms with Crippen molar-refractivity contribution in [3.8, 4) is 0 Å². The Labute approximate surface area is 115 Å². The standard InChI is InChI=1S/C14H17FN2O3/c15-7-6-14(4-1-5-14)9-2-3-10(12(16)18)11(8-9)13(19)17-20/h2-3,8,20H,1,4-7H2,(H2,16,18)(H,17,19). The predicted molar refractivity (Wildman–Crippen MR) is 70.3 cm³/mol. The molecule has 1 aliphatic rings. The zero-order valence-corrected chi connectivity index (χ0v) is 11.0. The molecule has 0 radical (unpaired) electrons. The summed E-state index contributed by atoms with van der Waals surface area (Å²) in [6, 6.07) is 4.70. The van der Waals surface area contributed by atoms with Crippen molar-refractivity contribution < 1.29 is 19.2 Å². The van der Waals surface area contributed by atoms with Gasteiger partial charge in [-0.2, -0.15) is 0 Å². The fraction of sp³-hybridized carbons (Fsp3) is 0.429. The molecule has 0 aliphatic heterocycles. The molecule has 0 aromatic heterocycles. The largest absolute Gasteiger partial charge is 0.366 e. The van der Waals surface area contributed by atoms with Gasteiger partial charge in [-0.3, -0.25) is 19.2 Å². The van der Waals surface area contributed by atoms with Crippen LogP contribution in [0.4, 0.5) is 4.39 Å². The smallest absolute Gasteiger partial charge is 0.275 e. The van der Waals surface area contributed by atoms with Crippen molar-refractivity contribution in [2.24, 2.45) is 5.73 Å². The summed E-state index contributed by atoms with van der Waals surface area (Å²) in [4.78, 5) is 23.0. The normalized spacial score (nSPS) is 16.3. The number of hydrogen-bond acceptors (Lipinski definition) is 3. The maximum atomic E-state index is 12.7. The van der Waals surface area contributed by atoms with Crippen LogP contribution in [0, 0.1) is 0 Å². The van der Waals surface area contributed by atoms with Gasteiger partial charge in [0, 0.05) is 0 Å². The third-order valence-electron chi connectivity index (χ3n) is 4.13. The highest BCUT2D eigenvalue weighted by Gasteiger charge is 2.38. The van der Waals surface area contributed by atoms with Crippen molar-refractivity contribution in [3.63, 3.8) is 0 Å². The maximum Gasteiger partial charge on any atom is 0.275 e. The Morgan fingerprint density at radius 3 is 2.50 bits per heavy atom. The predicted octanol–water partition coefficient (Wildman–Crippen LogP) is 1.69. The Kier molecular flexibility index (Phi) is 4.04. The summed E-state index contributed by atoms with van der Waals surface area (Å²) >= 11 is 0. The van der Waals surface area contributed by atoms with Gasteiger partial charge in [-0.25, -0.2) is 5.48 Å². The van der Waals surface area contributed by atoms with Gasteiger partial charge in [-0.1, -0.05) is 12.5 Å². The van der Waals surface area contributed by atoms with Crippen LogP contribution in [-0.2, 0) is 5.41 Å². The highest BCUT2D eigenvalue weighted by Crippen LogP contribution is 2.46. The first-order valence-electron chi connectivity index (χ1n) is 6.49. The molecule has 0 unspecified atom stereocenters. The fourth-order valence-corrected chi connectivity index (χ4v) is 2.80. The first kappa shape index (κ1) is 14.5. The lowest BCUT2D eigenvalue weighted by Crippen LogP contribution is -2.35. The molecule has 1 aliphatic carbocycles. The van der Waals surface area contributed by atoms with Crippen molar-refractivity contribution in [2.45, 2.75) is 31.1 Å².